The molecule has 0 unspecified atom stereocenters. The van der Waals surface area contributed by atoms with E-state index in [1.807, 2.05) is 0 Å². The summed E-state index contributed by atoms with van der Waals surface area (Å²) in [5.74, 6) is 0. The predicted molar refractivity (Wildman–Crippen MR) is 48.9 cm³/mol. The molecule has 0 radical (unpaired) electrons. The number of anilines is 2. The van der Waals surface area contributed by atoms with E-state index in [4.69, 9.17) is 0 Å². The van der Waals surface area contributed by atoms with E-state index in [0.29, 0.717) is 11.4 Å². The maximum atomic E-state index is 10.9. The van der Waals surface area contributed by atoms with Gasteiger partial charge in [-0.3, -0.25) is 14.6 Å². The lowest BCUT2D eigenvalue weighted by atomic mass is 10.2. The second kappa shape index (κ2) is 2.82. The molecule has 1 aromatic heterocycles. The number of nitrogens with one attached hydrogen (secondary N) is 1. The second-order valence-electron chi connectivity index (χ2n) is 2.62. The van der Waals surface area contributed by atoms with Crippen molar-refractivity contribution in [2.75, 3.05) is 5.32 Å². The summed E-state index contributed by atoms with van der Waals surface area (Å²) in [4.78, 5) is 25.3. The van der Waals surface area contributed by atoms with E-state index in [-0.39, 0.29) is 0 Å². The monoisotopic (exact) mass is 174 g/mol. The fourth-order valence-electron chi connectivity index (χ4n) is 1.00. The summed E-state index contributed by atoms with van der Waals surface area (Å²) in [6, 6.07) is 4.78. The Bertz CT molecular complexity index is 483. The number of rotatable bonds is 2. The molecule has 64 valence electrons. The first-order valence-electron chi connectivity index (χ1n) is 3.75. The molecule has 0 saturated carbocycles. The zero-order chi connectivity index (χ0) is 9.26. The van der Waals surface area contributed by atoms with Gasteiger partial charge in [-0.05, 0) is 12.1 Å². The first-order chi connectivity index (χ1) is 6.27. The molecule has 0 aliphatic carbocycles. The molecule has 4 nitrogen and oxygen atoms in total. The lowest BCUT2D eigenvalue weighted by Crippen LogP contribution is -2.31. The highest BCUT2D eigenvalue weighted by molar-refractivity contribution is 5.60. The summed E-state index contributed by atoms with van der Waals surface area (Å²) in [6.45, 7) is 0. The van der Waals surface area contributed by atoms with E-state index in [9.17, 15) is 9.59 Å². The first-order valence-corrected chi connectivity index (χ1v) is 3.75. The van der Waals surface area contributed by atoms with Crippen molar-refractivity contribution in [2.45, 2.75) is 0 Å². The lowest BCUT2D eigenvalue weighted by Gasteiger charge is -2.04. The molecule has 1 N–H and O–H groups in total. The Kier molecular flexibility index (Phi) is 1.66. The minimum Gasteiger partial charge on any atom is -0.351 e. The van der Waals surface area contributed by atoms with Crippen LogP contribution in [0, 0.1) is 0 Å². The van der Waals surface area contributed by atoms with E-state index >= 15 is 0 Å². The average Bonchev–Trinajstić information content (AvgIpc) is 2.19. The minimum atomic E-state index is -0.469. The fraction of sp³-hybridized carbons (Fsp3) is 0. The molecule has 1 aromatic carbocycles. The van der Waals surface area contributed by atoms with Crippen LogP contribution in [-0.4, -0.2) is 4.98 Å². The van der Waals surface area contributed by atoms with Gasteiger partial charge >= 0.3 is 0 Å². The first kappa shape index (κ1) is 7.67. The molecule has 4 heteroatoms. The van der Waals surface area contributed by atoms with Crippen molar-refractivity contribution in [3.8, 4) is 0 Å². The van der Waals surface area contributed by atoms with Crippen molar-refractivity contribution >= 4 is 11.4 Å². The molecule has 2 rings (SSSR count). The van der Waals surface area contributed by atoms with Crippen molar-refractivity contribution in [2.24, 2.45) is 0 Å². The van der Waals surface area contributed by atoms with E-state index in [0.717, 1.165) is 0 Å². The highest BCUT2D eigenvalue weighted by Gasteiger charge is 2.08. The third-order valence-electron chi connectivity index (χ3n) is 1.68. The summed E-state index contributed by atoms with van der Waals surface area (Å²) < 4.78 is 0. The molecule has 0 atom stereocenters. The molecular formula is C9H6N2O2. The van der Waals surface area contributed by atoms with Gasteiger partial charge < -0.3 is 5.32 Å². The molecule has 13 heavy (non-hydrogen) atoms. The van der Waals surface area contributed by atoms with Gasteiger partial charge in [0.25, 0.3) is 0 Å². The number of hydrogen-bond donors (Lipinski definition) is 1. The number of pyridine rings is 1. The molecule has 0 amide bonds. The van der Waals surface area contributed by atoms with Gasteiger partial charge in [0.05, 0.1) is 17.6 Å². The maximum Gasteiger partial charge on any atom is 0.249 e. The van der Waals surface area contributed by atoms with Crippen molar-refractivity contribution < 1.29 is 0 Å². The zero-order valence-corrected chi connectivity index (χ0v) is 6.65. The topological polar surface area (TPSA) is 59.1 Å². The number of hydrogen-bond acceptors (Lipinski definition) is 4. The van der Waals surface area contributed by atoms with Gasteiger partial charge in [-0.1, -0.05) is 0 Å². The Morgan fingerprint density at radius 3 is 2.69 bits per heavy atom. The van der Waals surface area contributed by atoms with Gasteiger partial charge in [0.15, 0.2) is 0 Å². The summed E-state index contributed by atoms with van der Waals surface area (Å²) in [6.07, 6.45) is 3.21. The largest absolute Gasteiger partial charge is 0.351 e. The summed E-state index contributed by atoms with van der Waals surface area (Å²) in [5, 5.41) is 2.79. The smallest absolute Gasteiger partial charge is 0.249 e. The molecule has 0 bridgehead atoms. The normalized spacial score (nSPS) is 10.2. The Labute approximate surface area is 73.6 Å². The van der Waals surface area contributed by atoms with E-state index in [1.165, 1.54) is 6.07 Å². The number of nitrogens with zero attached hydrogens (tertiary/aromatic N) is 1. The highest BCUT2D eigenvalue weighted by atomic mass is 16.2. The SMILES string of the molecule is O=c1cc(Nc2cccnc2)c1=O. The molecular weight excluding hydrogens is 168 g/mol. The van der Waals surface area contributed by atoms with Crippen LogP contribution in [0.25, 0.3) is 0 Å². The van der Waals surface area contributed by atoms with E-state index in [2.05, 4.69) is 10.3 Å². The maximum absolute atomic E-state index is 10.9. The summed E-state index contributed by atoms with van der Waals surface area (Å²) in [5.41, 5.74) is 0.114. The van der Waals surface area contributed by atoms with Crippen LogP contribution in [0.5, 0.6) is 0 Å². The van der Waals surface area contributed by atoms with Gasteiger partial charge in [0.1, 0.15) is 0 Å². The second-order valence-corrected chi connectivity index (χ2v) is 2.62. The molecule has 0 fully saturated rings. The van der Waals surface area contributed by atoms with Crippen molar-refractivity contribution in [1.82, 2.24) is 4.98 Å². The molecule has 1 heterocycles. The standard InChI is InChI=1S/C9H6N2O2/c12-8-4-7(9(8)13)11-6-2-1-3-10-5-6/h1-5,11H. The molecule has 0 aliphatic heterocycles. The van der Waals surface area contributed by atoms with Gasteiger partial charge in [0.2, 0.25) is 10.9 Å². The molecule has 0 spiro atoms. The summed E-state index contributed by atoms with van der Waals surface area (Å²) >= 11 is 0. The summed E-state index contributed by atoms with van der Waals surface area (Å²) in [7, 11) is 0. The fourth-order valence-corrected chi connectivity index (χ4v) is 1.00. The van der Waals surface area contributed by atoms with Crippen LogP contribution < -0.4 is 16.2 Å². The number of aromatic nitrogens is 1. The average molecular weight is 174 g/mol. The third-order valence-corrected chi connectivity index (χ3v) is 1.68. The van der Waals surface area contributed by atoms with Crippen molar-refractivity contribution in [3.63, 3.8) is 0 Å². The Morgan fingerprint density at radius 2 is 2.15 bits per heavy atom. The molecule has 0 saturated heterocycles. The highest BCUT2D eigenvalue weighted by Crippen LogP contribution is 2.09. The van der Waals surface area contributed by atoms with Crippen LogP contribution in [0.4, 0.5) is 11.4 Å². The molecule has 2 aromatic rings. The van der Waals surface area contributed by atoms with Crippen LogP contribution in [0.1, 0.15) is 0 Å². The molecule has 0 aliphatic rings. The Morgan fingerprint density at radius 1 is 1.31 bits per heavy atom. The quantitative estimate of drug-likeness (QED) is 0.670. The zero-order valence-electron chi connectivity index (χ0n) is 6.65. The lowest BCUT2D eigenvalue weighted by molar-refractivity contribution is 1.31. The van der Waals surface area contributed by atoms with E-state index < -0.39 is 10.9 Å². The van der Waals surface area contributed by atoms with Crippen molar-refractivity contribution in [3.05, 3.63) is 51.0 Å². The van der Waals surface area contributed by atoms with Crippen LogP contribution in [0.2, 0.25) is 0 Å². The van der Waals surface area contributed by atoms with Gasteiger partial charge in [-0.25, -0.2) is 0 Å². The Hall–Kier alpha value is -1.97. The van der Waals surface area contributed by atoms with Crippen molar-refractivity contribution in [1.29, 1.82) is 0 Å². The predicted octanol–water partition coefficient (Wildman–Crippen LogP) is 0.421. The van der Waals surface area contributed by atoms with Gasteiger partial charge in [-0.2, -0.15) is 0 Å². The third kappa shape index (κ3) is 1.33. The van der Waals surface area contributed by atoms with Crippen LogP contribution in [-0.2, 0) is 0 Å². The minimum absolute atomic E-state index is 0.331. The van der Waals surface area contributed by atoms with Crippen LogP contribution in [0.3, 0.4) is 0 Å². The van der Waals surface area contributed by atoms with Gasteiger partial charge in [-0.15, -0.1) is 0 Å². The Balaban J connectivity index is 2.23. The van der Waals surface area contributed by atoms with E-state index in [1.54, 1.807) is 24.5 Å². The van der Waals surface area contributed by atoms with Crippen LogP contribution >= 0.6 is 0 Å². The van der Waals surface area contributed by atoms with Crippen LogP contribution in [0.15, 0.2) is 40.2 Å². The van der Waals surface area contributed by atoms with Gasteiger partial charge in [0, 0.05) is 12.3 Å².